The first-order valence-electron chi connectivity index (χ1n) is 9.08. The van der Waals surface area contributed by atoms with Crippen molar-refractivity contribution in [1.82, 2.24) is 14.5 Å². The zero-order valence-electron chi connectivity index (χ0n) is 15.0. The van der Waals surface area contributed by atoms with Gasteiger partial charge >= 0.3 is 0 Å². The first-order chi connectivity index (χ1) is 12.7. The van der Waals surface area contributed by atoms with E-state index in [1.165, 1.54) is 35.3 Å². The molecule has 0 spiro atoms. The van der Waals surface area contributed by atoms with Crippen molar-refractivity contribution in [2.45, 2.75) is 32.9 Å². The van der Waals surface area contributed by atoms with Crippen molar-refractivity contribution in [3.05, 3.63) is 76.0 Å². The Kier molecular flexibility index (Phi) is 4.89. The second kappa shape index (κ2) is 7.46. The molecule has 5 heteroatoms. The zero-order valence-corrected chi connectivity index (χ0v) is 15.8. The molecule has 0 radical (unpaired) electrons. The molecule has 0 bridgehead atoms. The van der Waals surface area contributed by atoms with Crippen LogP contribution in [0.15, 0.2) is 54.2 Å². The summed E-state index contributed by atoms with van der Waals surface area (Å²) in [6, 6.07) is 12.3. The van der Waals surface area contributed by atoms with Gasteiger partial charge in [-0.25, -0.2) is 4.98 Å². The highest BCUT2D eigenvalue weighted by Crippen LogP contribution is 2.31. The SMILES string of the molecule is Cc1ccccc1Cn1ccnc1CN(CC1CC1)C(=O)c1cccs1. The van der Waals surface area contributed by atoms with Crippen LogP contribution in [0.3, 0.4) is 0 Å². The molecule has 4 rings (SSSR count). The summed E-state index contributed by atoms with van der Waals surface area (Å²) in [6.07, 6.45) is 6.29. The summed E-state index contributed by atoms with van der Waals surface area (Å²) in [5.74, 6) is 1.72. The van der Waals surface area contributed by atoms with Crippen LogP contribution in [0.1, 0.15) is 39.5 Å². The molecule has 2 aromatic heterocycles. The van der Waals surface area contributed by atoms with E-state index in [-0.39, 0.29) is 5.91 Å². The number of thiophene rings is 1. The minimum atomic E-state index is 0.123. The first kappa shape index (κ1) is 17.0. The van der Waals surface area contributed by atoms with Crippen LogP contribution in [0, 0.1) is 12.8 Å². The van der Waals surface area contributed by atoms with Gasteiger partial charge in [0.05, 0.1) is 11.4 Å². The molecular weight excluding hydrogens is 342 g/mol. The monoisotopic (exact) mass is 365 g/mol. The number of hydrogen-bond donors (Lipinski definition) is 0. The van der Waals surface area contributed by atoms with E-state index in [0.29, 0.717) is 12.5 Å². The number of benzene rings is 1. The van der Waals surface area contributed by atoms with Crippen molar-refractivity contribution in [2.24, 2.45) is 5.92 Å². The fourth-order valence-corrected chi connectivity index (χ4v) is 3.86. The number of hydrogen-bond acceptors (Lipinski definition) is 3. The van der Waals surface area contributed by atoms with Gasteiger partial charge in [-0.05, 0) is 48.3 Å². The average molecular weight is 366 g/mol. The van der Waals surface area contributed by atoms with Crippen molar-refractivity contribution in [2.75, 3.05) is 6.54 Å². The van der Waals surface area contributed by atoms with Crippen molar-refractivity contribution in [1.29, 1.82) is 0 Å². The molecule has 0 N–H and O–H groups in total. The van der Waals surface area contributed by atoms with Crippen molar-refractivity contribution in [3.8, 4) is 0 Å². The van der Waals surface area contributed by atoms with Crippen molar-refractivity contribution in [3.63, 3.8) is 0 Å². The van der Waals surface area contributed by atoms with Gasteiger partial charge in [-0.3, -0.25) is 4.79 Å². The lowest BCUT2D eigenvalue weighted by Gasteiger charge is -2.22. The normalized spacial score (nSPS) is 13.7. The van der Waals surface area contributed by atoms with Crippen molar-refractivity contribution >= 4 is 17.2 Å². The predicted octanol–water partition coefficient (Wildman–Crippen LogP) is 4.35. The van der Waals surface area contributed by atoms with Crippen LogP contribution in [0.2, 0.25) is 0 Å². The van der Waals surface area contributed by atoms with E-state index in [9.17, 15) is 4.79 Å². The quantitative estimate of drug-likeness (QED) is 0.624. The molecule has 1 fully saturated rings. The van der Waals surface area contributed by atoms with Crippen LogP contribution in [-0.4, -0.2) is 26.9 Å². The first-order valence-corrected chi connectivity index (χ1v) is 9.96. The highest BCUT2D eigenvalue weighted by atomic mass is 32.1. The number of carbonyl (C=O) groups excluding carboxylic acids is 1. The van der Waals surface area contributed by atoms with Gasteiger partial charge in [0.2, 0.25) is 0 Å². The maximum Gasteiger partial charge on any atom is 0.264 e. The predicted molar refractivity (Wildman–Crippen MR) is 104 cm³/mol. The largest absolute Gasteiger partial charge is 0.330 e. The fraction of sp³-hybridized carbons (Fsp3) is 0.333. The van der Waals surface area contributed by atoms with Gasteiger partial charge in [-0.1, -0.05) is 30.3 Å². The molecule has 1 saturated carbocycles. The second-order valence-electron chi connectivity index (χ2n) is 7.00. The number of rotatable bonds is 7. The topological polar surface area (TPSA) is 38.1 Å². The molecule has 0 aliphatic heterocycles. The zero-order chi connectivity index (χ0) is 17.9. The van der Waals surface area contributed by atoms with E-state index in [0.717, 1.165) is 23.8 Å². The van der Waals surface area contributed by atoms with E-state index in [1.807, 2.05) is 34.8 Å². The lowest BCUT2D eigenvalue weighted by molar-refractivity contribution is 0.0733. The molecular formula is C21H23N3OS. The Morgan fingerprint density at radius 3 is 2.85 bits per heavy atom. The van der Waals surface area contributed by atoms with Crippen LogP contribution in [0.4, 0.5) is 0 Å². The van der Waals surface area contributed by atoms with E-state index >= 15 is 0 Å². The minimum absolute atomic E-state index is 0.123. The van der Waals surface area contributed by atoms with Gasteiger partial charge in [0, 0.05) is 25.5 Å². The molecule has 1 aliphatic rings. The summed E-state index contributed by atoms with van der Waals surface area (Å²) in [7, 11) is 0. The molecule has 26 heavy (non-hydrogen) atoms. The van der Waals surface area contributed by atoms with Crippen LogP contribution in [0.25, 0.3) is 0 Å². The van der Waals surface area contributed by atoms with E-state index in [1.54, 1.807) is 0 Å². The van der Waals surface area contributed by atoms with Crippen LogP contribution >= 0.6 is 11.3 Å². The Morgan fingerprint density at radius 1 is 1.27 bits per heavy atom. The molecule has 1 aromatic carbocycles. The minimum Gasteiger partial charge on any atom is -0.330 e. The number of amides is 1. The Hall–Kier alpha value is -2.40. The molecule has 1 aliphatic carbocycles. The van der Waals surface area contributed by atoms with Gasteiger partial charge in [0.15, 0.2) is 0 Å². The number of nitrogens with zero attached hydrogens (tertiary/aromatic N) is 3. The Bertz CT molecular complexity index is 880. The molecule has 0 atom stereocenters. The van der Waals surface area contributed by atoms with Gasteiger partial charge in [-0.2, -0.15) is 0 Å². The van der Waals surface area contributed by atoms with Crippen LogP contribution < -0.4 is 0 Å². The molecule has 134 valence electrons. The summed E-state index contributed by atoms with van der Waals surface area (Å²) in [5, 5.41) is 1.96. The van der Waals surface area contributed by atoms with Gasteiger partial charge in [0.1, 0.15) is 5.82 Å². The maximum absolute atomic E-state index is 12.9. The van der Waals surface area contributed by atoms with Gasteiger partial charge in [0.25, 0.3) is 5.91 Å². The van der Waals surface area contributed by atoms with Crippen LogP contribution in [-0.2, 0) is 13.1 Å². The molecule has 2 heterocycles. The number of aryl methyl sites for hydroxylation is 1. The van der Waals surface area contributed by atoms with Crippen molar-refractivity contribution < 1.29 is 4.79 Å². The molecule has 3 aromatic rings. The summed E-state index contributed by atoms with van der Waals surface area (Å²) in [5.41, 5.74) is 2.56. The number of aromatic nitrogens is 2. The Labute approximate surface area is 158 Å². The van der Waals surface area contributed by atoms with Gasteiger partial charge in [-0.15, -0.1) is 11.3 Å². The lowest BCUT2D eigenvalue weighted by Crippen LogP contribution is -2.33. The second-order valence-corrected chi connectivity index (χ2v) is 7.95. The molecule has 0 unspecified atom stereocenters. The third kappa shape index (κ3) is 3.88. The summed E-state index contributed by atoms with van der Waals surface area (Å²) < 4.78 is 2.16. The van der Waals surface area contributed by atoms with E-state index in [2.05, 4.69) is 40.7 Å². The standard InChI is InChI=1S/C21H23N3OS/c1-16-5-2-3-6-18(16)14-23-11-10-22-20(23)15-24(13-17-8-9-17)21(25)19-7-4-12-26-19/h2-7,10-12,17H,8-9,13-15H2,1H3. The molecule has 4 nitrogen and oxygen atoms in total. The highest BCUT2D eigenvalue weighted by Gasteiger charge is 2.28. The fourth-order valence-electron chi connectivity index (χ4n) is 3.16. The van der Waals surface area contributed by atoms with E-state index in [4.69, 9.17) is 0 Å². The third-order valence-electron chi connectivity index (χ3n) is 4.93. The smallest absolute Gasteiger partial charge is 0.264 e. The summed E-state index contributed by atoms with van der Waals surface area (Å²) in [6.45, 7) is 4.30. The van der Waals surface area contributed by atoms with Crippen LogP contribution in [0.5, 0.6) is 0 Å². The highest BCUT2D eigenvalue weighted by molar-refractivity contribution is 7.12. The Balaban J connectivity index is 1.53. The average Bonchev–Trinajstić information content (AvgIpc) is 3.10. The van der Waals surface area contributed by atoms with E-state index < -0.39 is 0 Å². The summed E-state index contributed by atoms with van der Waals surface area (Å²) >= 11 is 1.51. The summed E-state index contributed by atoms with van der Waals surface area (Å²) in [4.78, 5) is 20.2. The molecule has 0 saturated heterocycles. The molecule has 1 amide bonds. The number of imidazole rings is 1. The Morgan fingerprint density at radius 2 is 2.12 bits per heavy atom. The van der Waals surface area contributed by atoms with Gasteiger partial charge < -0.3 is 9.47 Å². The lowest BCUT2D eigenvalue weighted by atomic mass is 10.1. The number of carbonyl (C=O) groups is 1. The third-order valence-corrected chi connectivity index (χ3v) is 5.79. The maximum atomic E-state index is 12.9.